The van der Waals surface area contributed by atoms with Crippen LogP contribution in [0.1, 0.15) is 24.3 Å². The Morgan fingerprint density at radius 2 is 1.77 bits per heavy atom. The van der Waals surface area contributed by atoms with Crippen LogP contribution in [0.15, 0.2) is 71.3 Å². The van der Waals surface area contributed by atoms with Crippen LogP contribution in [-0.2, 0) is 4.79 Å². The average Bonchev–Trinajstić information content (AvgIpc) is 3.22. The Morgan fingerprint density at radius 1 is 1.12 bits per heavy atom. The first kappa shape index (κ1) is 17.3. The van der Waals surface area contributed by atoms with Crippen LogP contribution in [0.2, 0.25) is 0 Å². The highest BCUT2D eigenvalue weighted by molar-refractivity contribution is 5.78. The second-order valence-electron chi connectivity index (χ2n) is 5.81. The molecule has 1 atom stereocenters. The summed E-state index contributed by atoms with van der Waals surface area (Å²) >= 11 is 0. The van der Waals surface area contributed by atoms with E-state index < -0.39 is 0 Å². The number of nitrogens with one attached hydrogen (secondary N) is 1. The summed E-state index contributed by atoms with van der Waals surface area (Å²) in [5, 5.41) is 11.7. The van der Waals surface area contributed by atoms with Crippen LogP contribution < -0.4 is 10.1 Å². The van der Waals surface area contributed by atoms with Gasteiger partial charge < -0.3 is 14.5 Å². The predicted molar refractivity (Wildman–Crippen MR) is 97.4 cm³/mol. The molecule has 5 heteroatoms. The minimum absolute atomic E-state index is 0.0682. The van der Waals surface area contributed by atoms with E-state index in [9.17, 15) is 4.79 Å². The molecule has 0 fully saturated rings. The summed E-state index contributed by atoms with van der Waals surface area (Å²) in [7, 11) is 0. The fraction of sp³-hybridized carbons (Fsp3) is 0.143. The highest BCUT2D eigenvalue weighted by atomic mass is 16.5. The molecule has 1 amide bonds. The Morgan fingerprint density at radius 3 is 2.35 bits per heavy atom. The molecule has 0 bridgehead atoms. The summed E-state index contributed by atoms with van der Waals surface area (Å²) in [5.74, 6) is 1.10. The molecule has 0 aliphatic carbocycles. The molecular weight excluding hydrogens is 328 g/mol. The van der Waals surface area contributed by atoms with Crippen molar-refractivity contribution in [1.82, 2.24) is 5.32 Å². The van der Waals surface area contributed by atoms with Gasteiger partial charge in [0.05, 0.1) is 23.9 Å². The second kappa shape index (κ2) is 8.04. The molecule has 0 radical (unpaired) electrons. The van der Waals surface area contributed by atoms with Crippen molar-refractivity contribution >= 4 is 5.91 Å². The van der Waals surface area contributed by atoms with Crippen LogP contribution in [0.3, 0.4) is 0 Å². The van der Waals surface area contributed by atoms with Gasteiger partial charge in [-0.3, -0.25) is 4.79 Å². The number of rotatable bonds is 6. The van der Waals surface area contributed by atoms with Crippen LogP contribution in [0.5, 0.6) is 5.75 Å². The van der Waals surface area contributed by atoms with Gasteiger partial charge in [0.1, 0.15) is 11.5 Å². The third kappa shape index (κ3) is 4.31. The first-order valence-electron chi connectivity index (χ1n) is 8.22. The molecule has 5 nitrogen and oxygen atoms in total. The zero-order valence-corrected chi connectivity index (χ0v) is 14.3. The number of carbonyl (C=O) groups excluding carboxylic acids is 1. The van der Waals surface area contributed by atoms with Gasteiger partial charge in [0.15, 0.2) is 6.61 Å². The maximum absolute atomic E-state index is 12.0. The lowest BCUT2D eigenvalue weighted by Crippen LogP contribution is -2.31. The standard InChI is InChI=1S/C21H18N2O3/c1-15(20-3-2-12-25-20)23-21(24)14-26-19-10-8-18(9-11-19)17-6-4-16(13-22)5-7-17/h2-12,15H,14H2,1H3,(H,23,24). The van der Waals surface area contributed by atoms with Crippen molar-refractivity contribution in [1.29, 1.82) is 5.26 Å². The van der Waals surface area contributed by atoms with Gasteiger partial charge in [-0.15, -0.1) is 0 Å². The minimum atomic E-state index is -0.218. The fourth-order valence-corrected chi connectivity index (χ4v) is 2.52. The SMILES string of the molecule is CC(NC(=O)COc1ccc(-c2ccc(C#N)cc2)cc1)c1ccco1. The summed E-state index contributed by atoms with van der Waals surface area (Å²) in [6.07, 6.45) is 1.57. The average molecular weight is 346 g/mol. The van der Waals surface area contributed by atoms with Crippen molar-refractivity contribution in [2.75, 3.05) is 6.61 Å². The van der Waals surface area contributed by atoms with Crippen LogP contribution >= 0.6 is 0 Å². The zero-order chi connectivity index (χ0) is 18.4. The molecule has 0 spiro atoms. The predicted octanol–water partition coefficient (Wildman–Crippen LogP) is 4.07. The van der Waals surface area contributed by atoms with E-state index in [0.29, 0.717) is 17.1 Å². The number of amides is 1. The first-order valence-corrected chi connectivity index (χ1v) is 8.22. The van der Waals surface area contributed by atoms with E-state index in [4.69, 9.17) is 14.4 Å². The maximum Gasteiger partial charge on any atom is 0.258 e. The van der Waals surface area contributed by atoms with Crippen LogP contribution in [-0.4, -0.2) is 12.5 Å². The Balaban J connectivity index is 1.54. The molecule has 1 unspecified atom stereocenters. The first-order chi connectivity index (χ1) is 12.7. The van der Waals surface area contributed by atoms with E-state index in [1.165, 1.54) is 0 Å². The van der Waals surface area contributed by atoms with Crippen molar-refractivity contribution in [3.63, 3.8) is 0 Å². The summed E-state index contributed by atoms with van der Waals surface area (Å²) in [5.41, 5.74) is 2.65. The van der Waals surface area contributed by atoms with Gasteiger partial charge in [0, 0.05) is 0 Å². The molecule has 0 aliphatic rings. The van der Waals surface area contributed by atoms with E-state index >= 15 is 0 Å². The summed E-state index contributed by atoms with van der Waals surface area (Å²) in [6.45, 7) is 1.78. The van der Waals surface area contributed by atoms with Crippen molar-refractivity contribution < 1.29 is 13.9 Å². The highest BCUT2D eigenvalue weighted by Gasteiger charge is 2.12. The number of nitrogens with zero attached hydrogens (tertiary/aromatic N) is 1. The number of furan rings is 1. The molecule has 0 saturated heterocycles. The number of nitriles is 1. The van der Waals surface area contributed by atoms with Crippen molar-refractivity contribution in [2.45, 2.75) is 13.0 Å². The highest BCUT2D eigenvalue weighted by Crippen LogP contribution is 2.22. The molecule has 3 rings (SSSR count). The normalized spacial score (nSPS) is 11.4. The molecular formula is C21H18N2O3. The topological polar surface area (TPSA) is 75.3 Å². The fourth-order valence-electron chi connectivity index (χ4n) is 2.52. The van der Waals surface area contributed by atoms with E-state index in [-0.39, 0.29) is 18.6 Å². The molecule has 130 valence electrons. The number of hydrogen-bond donors (Lipinski definition) is 1. The lowest BCUT2D eigenvalue weighted by molar-refractivity contribution is -0.123. The van der Waals surface area contributed by atoms with Crippen molar-refractivity contribution in [3.05, 3.63) is 78.3 Å². The third-order valence-corrected chi connectivity index (χ3v) is 3.92. The molecule has 1 heterocycles. The van der Waals surface area contributed by atoms with Crippen LogP contribution in [0.4, 0.5) is 0 Å². The monoisotopic (exact) mass is 346 g/mol. The van der Waals surface area contributed by atoms with Gasteiger partial charge in [-0.2, -0.15) is 5.26 Å². The van der Waals surface area contributed by atoms with Gasteiger partial charge in [0.25, 0.3) is 5.91 Å². The molecule has 0 aliphatic heterocycles. The van der Waals surface area contributed by atoms with Gasteiger partial charge in [-0.1, -0.05) is 24.3 Å². The lowest BCUT2D eigenvalue weighted by Gasteiger charge is -2.12. The van der Waals surface area contributed by atoms with E-state index in [2.05, 4.69) is 11.4 Å². The second-order valence-corrected chi connectivity index (χ2v) is 5.81. The van der Waals surface area contributed by atoms with Gasteiger partial charge in [0.2, 0.25) is 0 Å². The smallest absolute Gasteiger partial charge is 0.258 e. The van der Waals surface area contributed by atoms with Gasteiger partial charge in [-0.25, -0.2) is 0 Å². The molecule has 0 saturated carbocycles. The quantitative estimate of drug-likeness (QED) is 0.730. The summed E-state index contributed by atoms with van der Waals surface area (Å²) < 4.78 is 10.8. The van der Waals surface area contributed by atoms with Crippen molar-refractivity contribution in [3.8, 4) is 22.9 Å². The number of benzene rings is 2. The molecule has 1 N–H and O–H groups in total. The van der Waals surface area contributed by atoms with E-state index in [1.54, 1.807) is 24.5 Å². The van der Waals surface area contributed by atoms with E-state index in [1.807, 2.05) is 49.4 Å². The Bertz CT molecular complexity index is 892. The van der Waals surface area contributed by atoms with E-state index in [0.717, 1.165) is 11.1 Å². The van der Waals surface area contributed by atoms with Crippen molar-refractivity contribution in [2.24, 2.45) is 0 Å². The number of hydrogen-bond acceptors (Lipinski definition) is 4. The molecule has 2 aromatic carbocycles. The number of carbonyl (C=O) groups is 1. The molecule has 1 aromatic heterocycles. The van der Waals surface area contributed by atoms with Gasteiger partial charge >= 0.3 is 0 Å². The minimum Gasteiger partial charge on any atom is -0.484 e. The Kier molecular flexibility index (Phi) is 5.35. The van der Waals surface area contributed by atoms with Gasteiger partial charge in [-0.05, 0) is 54.4 Å². The third-order valence-electron chi connectivity index (χ3n) is 3.92. The number of ether oxygens (including phenoxy) is 1. The zero-order valence-electron chi connectivity index (χ0n) is 14.3. The molecule has 3 aromatic rings. The largest absolute Gasteiger partial charge is 0.484 e. The Hall–Kier alpha value is -3.52. The van der Waals surface area contributed by atoms with Crippen LogP contribution in [0, 0.1) is 11.3 Å². The Labute approximate surface area is 151 Å². The molecule has 26 heavy (non-hydrogen) atoms. The van der Waals surface area contributed by atoms with Crippen LogP contribution in [0.25, 0.3) is 11.1 Å². The summed E-state index contributed by atoms with van der Waals surface area (Å²) in [6, 6.07) is 20.3. The lowest BCUT2D eigenvalue weighted by atomic mass is 10.0. The summed E-state index contributed by atoms with van der Waals surface area (Å²) in [4.78, 5) is 12.0. The maximum atomic E-state index is 12.0.